The number of phenolic OH excluding ortho intramolecular Hbond substituents is 1. The molecule has 1 aliphatic heterocycles. The Labute approximate surface area is 155 Å². The zero-order chi connectivity index (χ0) is 18.4. The van der Waals surface area contributed by atoms with Crippen molar-refractivity contribution < 1.29 is 19.3 Å². The van der Waals surface area contributed by atoms with E-state index >= 15 is 0 Å². The summed E-state index contributed by atoms with van der Waals surface area (Å²) in [7, 11) is 3.33. The minimum Gasteiger partial charge on any atom is -0.508 e. The first-order chi connectivity index (χ1) is 12.7. The number of phenols is 1. The largest absolute Gasteiger partial charge is 0.508 e. The van der Waals surface area contributed by atoms with E-state index in [1.807, 2.05) is 24.3 Å². The summed E-state index contributed by atoms with van der Waals surface area (Å²) >= 11 is 0. The zero-order valence-electron chi connectivity index (χ0n) is 15.5. The molecule has 5 heteroatoms. The Morgan fingerprint density at radius 3 is 2.62 bits per heavy atom. The van der Waals surface area contributed by atoms with Crippen LogP contribution in [0.2, 0.25) is 0 Å². The van der Waals surface area contributed by atoms with Crippen molar-refractivity contribution in [2.24, 2.45) is 0 Å². The lowest BCUT2D eigenvalue weighted by atomic mass is 10.1. The Bertz CT molecular complexity index is 713. The van der Waals surface area contributed by atoms with Crippen LogP contribution in [-0.4, -0.2) is 43.5 Å². The number of para-hydroxylation sites is 1. The van der Waals surface area contributed by atoms with Gasteiger partial charge >= 0.3 is 0 Å². The van der Waals surface area contributed by atoms with Crippen molar-refractivity contribution in [2.45, 2.75) is 32.0 Å². The molecule has 1 fully saturated rings. The van der Waals surface area contributed by atoms with E-state index in [1.54, 1.807) is 26.4 Å². The van der Waals surface area contributed by atoms with Crippen molar-refractivity contribution in [3.05, 3.63) is 53.6 Å². The number of methoxy groups -OCH3 is 2. The molecule has 0 unspecified atom stereocenters. The SMILES string of the molecule is COc1ccc(O)c(CN(Cc2ccccc2OC)C[C@H]2CCCO2)c1. The summed E-state index contributed by atoms with van der Waals surface area (Å²) in [4.78, 5) is 2.29. The number of ether oxygens (including phenoxy) is 3. The third-order valence-electron chi connectivity index (χ3n) is 4.75. The molecular formula is C21H27NO4. The summed E-state index contributed by atoms with van der Waals surface area (Å²) in [5.74, 6) is 1.90. The lowest BCUT2D eigenvalue weighted by Crippen LogP contribution is -2.31. The molecule has 0 saturated carbocycles. The van der Waals surface area contributed by atoms with Gasteiger partial charge in [-0.2, -0.15) is 0 Å². The highest BCUT2D eigenvalue weighted by atomic mass is 16.5. The third kappa shape index (κ3) is 4.68. The molecule has 0 amide bonds. The van der Waals surface area contributed by atoms with E-state index in [0.717, 1.165) is 55.2 Å². The maximum atomic E-state index is 10.3. The van der Waals surface area contributed by atoms with Gasteiger partial charge in [0.05, 0.1) is 20.3 Å². The number of nitrogens with zero attached hydrogens (tertiary/aromatic N) is 1. The van der Waals surface area contributed by atoms with Gasteiger partial charge in [0.2, 0.25) is 0 Å². The van der Waals surface area contributed by atoms with Gasteiger partial charge in [-0.15, -0.1) is 0 Å². The summed E-state index contributed by atoms with van der Waals surface area (Å²) in [6.45, 7) is 2.98. The van der Waals surface area contributed by atoms with Crippen molar-refractivity contribution in [1.29, 1.82) is 0 Å². The average Bonchev–Trinajstić information content (AvgIpc) is 3.17. The lowest BCUT2D eigenvalue weighted by molar-refractivity contribution is 0.0673. The zero-order valence-corrected chi connectivity index (χ0v) is 15.5. The van der Waals surface area contributed by atoms with Crippen LogP contribution in [0.15, 0.2) is 42.5 Å². The van der Waals surface area contributed by atoms with Crippen LogP contribution in [0.4, 0.5) is 0 Å². The molecule has 0 radical (unpaired) electrons. The van der Waals surface area contributed by atoms with E-state index in [1.165, 1.54) is 0 Å². The quantitative estimate of drug-likeness (QED) is 0.782. The van der Waals surface area contributed by atoms with Crippen LogP contribution >= 0.6 is 0 Å². The van der Waals surface area contributed by atoms with Gasteiger partial charge in [-0.05, 0) is 37.1 Å². The molecule has 1 N–H and O–H groups in total. The molecule has 0 spiro atoms. The van der Waals surface area contributed by atoms with Crippen molar-refractivity contribution >= 4 is 0 Å². The molecular weight excluding hydrogens is 330 g/mol. The van der Waals surface area contributed by atoms with Gasteiger partial charge in [-0.3, -0.25) is 4.90 Å². The Hall–Kier alpha value is -2.24. The lowest BCUT2D eigenvalue weighted by Gasteiger charge is -2.26. The fraction of sp³-hybridized carbons (Fsp3) is 0.429. The molecule has 5 nitrogen and oxygen atoms in total. The minimum absolute atomic E-state index is 0.234. The van der Waals surface area contributed by atoms with Gasteiger partial charge in [0, 0.05) is 37.4 Å². The van der Waals surface area contributed by atoms with Crippen molar-refractivity contribution in [3.63, 3.8) is 0 Å². The molecule has 1 saturated heterocycles. The smallest absolute Gasteiger partial charge is 0.123 e. The van der Waals surface area contributed by atoms with Gasteiger partial charge in [0.25, 0.3) is 0 Å². The van der Waals surface area contributed by atoms with Gasteiger partial charge < -0.3 is 19.3 Å². The van der Waals surface area contributed by atoms with Crippen LogP contribution < -0.4 is 9.47 Å². The standard InChI is InChI=1S/C21H27NO4/c1-24-18-9-10-20(23)17(12-18)14-22(15-19-7-5-11-26-19)13-16-6-3-4-8-21(16)25-2/h3-4,6,8-10,12,19,23H,5,7,11,13-15H2,1-2H3/t19-/m1/s1. The second-order valence-electron chi connectivity index (χ2n) is 6.61. The van der Waals surface area contributed by atoms with Crippen LogP contribution in [0.1, 0.15) is 24.0 Å². The van der Waals surface area contributed by atoms with E-state index in [-0.39, 0.29) is 11.9 Å². The molecule has 1 atom stereocenters. The number of aromatic hydroxyl groups is 1. The molecule has 0 aromatic heterocycles. The van der Waals surface area contributed by atoms with Gasteiger partial charge in [-0.1, -0.05) is 18.2 Å². The number of hydrogen-bond acceptors (Lipinski definition) is 5. The van der Waals surface area contributed by atoms with E-state index < -0.39 is 0 Å². The van der Waals surface area contributed by atoms with Crippen molar-refractivity contribution in [1.82, 2.24) is 4.90 Å². The van der Waals surface area contributed by atoms with Gasteiger partial charge in [0.15, 0.2) is 0 Å². The number of hydrogen-bond donors (Lipinski definition) is 1. The summed E-state index contributed by atoms with van der Waals surface area (Å²) in [5, 5.41) is 10.3. The first-order valence-electron chi connectivity index (χ1n) is 9.01. The average molecular weight is 357 g/mol. The van der Waals surface area contributed by atoms with Crippen LogP contribution in [0, 0.1) is 0 Å². The maximum Gasteiger partial charge on any atom is 0.123 e. The molecule has 1 aliphatic rings. The monoisotopic (exact) mass is 357 g/mol. The number of rotatable bonds is 8. The molecule has 140 valence electrons. The topological polar surface area (TPSA) is 51.2 Å². The Kier molecular flexibility index (Phi) is 6.36. The van der Waals surface area contributed by atoms with E-state index in [0.29, 0.717) is 6.54 Å². The first kappa shape index (κ1) is 18.5. The van der Waals surface area contributed by atoms with E-state index in [9.17, 15) is 5.11 Å². The second-order valence-corrected chi connectivity index (χ2v) is 6.61. The Morgan fingerprint density at radius 2 is 1.88 bits per heavy atom. The molecule has 1 heterocycles. The highest BCUT2D eigenvalue weighted by Crippen LogP contribution is 2.27. The van der Waals surface area contributed by atoms with E-state index in [4.69, 9.17) is 14.2 Å². The van der Waals surface area contributed by atoms with Crippen LogP contribution in [0.5, 0.6) is 17.2 Å². The van der Waals surface area contributed by atoms with Crippen LogP contribution in [-0.2, 0) is 17.8 Å². The van der Waals surface area contributed by atoms with Crippen LogP contribution in [0.3, 0.4) is 0 Å². The fourth-order valence-electron chi connectivity index (χ4n) is 3.39. The normalized spacial score (nSPS) is 16.8. The first-order valence-corrected chi connectivity index (χ1v) is 9.01. The summed E-state index contributed by atoms with van der Waals surface area (Å²) in [6.07, 6.45) is 2.42. The highest BCUT2D eigenvalue weighted by Gasteiger charge is 2.21. The molecule has 2 aromatic carbocycles. The van der Waals surface area contributed by atoms with Gasteiger partial charge in [0.1, 0.15) is 17.2 Å². The predicted octanol–water partition coefficient (Wildman–Crippen LogP) is 3.59. The minimum atomic E-state index is 0.234. The molecule has 3 rings (SSSR count). The van der Waals surface area contributed by atoms with Gasteiger partial charge in [-0.25, -0.2) is 0 Å². The third-order valence-corrected chi connectivity index (χ3v) is 4.75. The maximum absolute atomic E-state index is 10.3. The molecule has 2 aromatic rings. The summed E-state index contributed by atoms with van der Waals surface area (Å²) < 4.78 is 16.6. The predicted molar refractivity (Wildman–Crippen MR) is 101 cm³/mol. The van der Waals surface area contributed by atoms with Crippen LogP contribution in [0.25, 0.3) is 0 Å². The molecule has 0 aliphatic carbocycles. The highest BCUT2D eigenvalue weighted by molar-refractivity contribution is 5.39. The molecule has 26 heavy (non-hydrogen) atoms. The summed E-state index contributed by atoms with van der Waals surface area (Å²) in [5.41, 5.74) is 1.97. The van der Waals surface area contributed by atoms with E-state index in [2.05, 4.69) is 11.0 Å². The van der Waals surface area contributed by atoms with Crippen molar-refractivity contribution in [2.75, 3.05) is 27.4 Å². The molecule has 0 bridgehead atoms. The Morgan fingerprint density at radius 1 is 1.08 bits per heavy atom. The number of benzene rings is 2. The van der Waals surface area contributed by atoms with Crippen molar-refractivity contribution in [3.8, 4) is 17.2 Å². The second kappa shape index (κ2) is 8.92. The summed E-state index contributed by atoms with van der Waals surface area (Å²) in [6, 6.07) is 13.4. The fourth-order valence-corrected chi connectivity index (χ4v) is 3.39. The Balaban J connectivity index is 1.80.